The van der Waals surface area contributed by atoms with Crippen molar-refractivity contribution in [2.75, 3.05) is 20.6 Å². The van der Waals surface area contributed by atoms with Crippen LogP contribution in [0.1, 0.15) is 22.8 Å². The fourth-order valence-corrected chi connectivity index (χ4v) is 3.28. The van der Waals surface area contributed by atoms with E-state index in [2.05, 4.69) is 5.32 Å². The second-order valence-electron chi connectivity index (χ2n) is 6.53. The number of nitrogens with zero attached hydrogens (tertiary/aromatic N) is 1. The van der Waals surface area contributed by atoms with Crippen molar-refractivity contribution in [3.63, 3.8) is 0 Å². The molecule has 0 fully saturated rings. The number of carbonyl (C=O) groups excluding carboxylic acids is 2. The molecule has 7 nitrogen and oxygen atoms in total. The van der Waals surface area contributed by atoms with Crippen LogP contribution in [0.15, 0.2) is 53.4 Å². The Kier molecular flexibility index (Phi) is 7.46. The van der Waals surface area contributed by atoms with Gasteiger partial charge >= 0.3 is 5.97 Å². The Balaban J connectivity index is 1.87. The Morgan fingerprint density at radius 2 is 1.66 bits per heavy atom. The monoisotopic (exact) mass is 422 g/mol. The molecule has 1 amide bonds. The molecule has 0 aromatic heterocycles. The lowest BCUT2D eigenvalue weighted by Gasteiger charge is -2.14. The molecule has 9 heteroatoms. The van der Waals surface area contributed by atoms with Crippen LogP contribution in [0.5, 0.6) is 0 Å². The number of halogens is 1. The second kappa shape index (κ2) is 9.62. The highest BCUT2D eigenvalue weighted by Crippen LogP contribution is 2.15. The normalized spacial score (nSPS) is 12.4. The van der Waals surface area contributed by atoms with E-state index in [9.17, 15) is 22.4 Å². The number of rotatable bonds is 8. The van der Waals surface area contributed by atoms with E-state index in [1.165, 1.54) is 57.4 Å². The van der Waals surface area contributed by atoms with Gasteiger partial charge in [-0.3, -0.25) is 4.79 Å². The predicted molar refractivity (Wildman–Crippen MR) is 105 cm³/mol. The van der Waals surface area contributed by atoms with Crippen LogP contribution < -0.4 is 5.32 Å². The molecular weight excluding hydrogens is 399 g/mol. The third-order valence-corrected chi connectivity index (χ3v) is 5.98. The zero-order chi connectivity index (χ0) is 21.6. The zero-order valence-electron chi connectivity index (χ0n) is 16.4. The SMILES string of the molecule is C[C@@H](OC(=O)c1ccc(S(=O)(=O)N(C)C)cc1)C(=O)NCCc1ccc(F)cc1. The third kappa shape index (κ3) is 6.10. The molecule has 2 aromatic carbocycles. The molecule has 0 aliphatic rings. The van der Waals surface area contributed by atoms with E-state index < -0.39 is 28.0 Å². The first-order chi connectivity index (χ1) is 13.6. The van der Waals surface area contributed by atoms with Gasteiger partial charge in [0.25, 0.3) is 5.91 Å². The van der Waals surface area contributed by atoms with Gasteiger partial charge in [0, 0.05) is 20.6 Å². The predicted octanol–water partition coefficient (Wildman–Crippen LogP) is 1.98. The van der Waals surface area contributed by atoms with Crippen LogP contribution in [0.3, 0.4) is 0 Å². The first-order valence-electron chi connectivity index (χ1n) is 8.87. The van der Waals surface area contributed by atoms with Crippen molar-refractivity contribution in [3.05, 3.63) is 65.5 Å². The van der Waals surface area contributed by atoms with Gasteiger partial charge in [-0.05, 0) is 55.3 Å². The lowest BCUT2D eigenvalue weighted by molar-refractivity contribution is -0.129. The fraction of sp³-hybridized carbons (Fsp3) is 0.300. The number of nitrogens with one attached hydrogen (secondary N) is 1. The number of sulfonamides is 1. The van der Waals surface area contributed by atoms with E-state index in [0.717, 1.165) is 9.87 Å². The molecule has 0 unspecified atom stereocenters. The fourth-order valence-electron chi connectivity index (χ4n) is 2.38. The highest BCUT2D eigenvalue weighted by molar-refractivity contribution is 7.89. The Morgan fingerprint density at radius 1 is 1.07 bits per heavy atom. The minimum atomic E-state index is -3.60. The molecule has 0 aliphatic carbocycles. The first-order valence-corrected chi connectivity index (χ1v) is 10.3. The standard InChI is InChI=1S/C20H23FN2O5S/c1-14(19(24)22-13-12-15-4-8-17(21)9-5-15)28-20(25)16-6-10-18(11-7-16)29(26,27)23(2)3/h4-11,14H,12-13H2,1-3H3,(H,22,24)/t14-/m1/s1. The molecule has 0 bridgehead atoms. The van der Waals surface area contributed by atoms with Gasteiger partial charge in [0.2, 0.25) is 10.0 Å². The average molecular weight is 422 g/mol. The molecule has 29 heavy (non-hydrogen) atoms. The molecule has 0 heterocycles. The number of carbonyl (C=O) groups is 2. The van der Waals surface area contributed by atoms with Crippen LogP contribution in [-0.2, 0) is 26.0 Å². The minimum Gasteiger partial charge on any atom is -0.449 e. The smallest absolute Gasteiger partial charge is 0.338 e. The van der Waals surface area contributed by atoms with Crippen molar-refractivity contribution < 1.29 is 27.1 Å². The van der Waals surface area contributed by atoms with Gasteiger partial charge in [-0.1, -0.05) is 12.1 Å². The maximum absolute atomic E-state index is 12.9. The van der Waals surface area contributed by atoms with Crippen LogP contribution in [0.25, 0.3) is 0 Å². The van der Waals surface area contributed by atoms with Crippen molar-refractivity contribution in [3.8, 4) is 0 Å². The summed E-state index contributed by atoms with van der Waals surface area (Å²) in [4.78, 5) is 24.3. The van der Waals surface area contributed by atoms with Crippen LogP contribution >= 0.6 is 0 Å². The summed E-state index contributed by atoms with van der Waals surface area (Å²) in [6, 6.07) is 11.2. The molecule has 0 radical (unpaired) electrons. The van der Waals surface area contributed by atoms with Gasteiger partial charge in [0.15, 0.2) is 6.10 Å². The van der Waals surface area contributed by atoms with Crippen LogP contribution in [0.2, 0.25) is 0 Å². The Labute approximate surface area is 169 Å². The molecular formula is C20H23FN2O5S. The molecule has 0 spiro atoms. The summed E-state index contributed by atoms with van der Waals surface area (Å²) in [6.45, 7) is 1.75. The minimum absolute atomic E-state index is 0.0469. The number of hydrogen-bond donors (Lipinski definition) is 1. The Morgan fingerprint density at radius 3 is 2.21 bits per heavy atom. The van der Waals surface area contributed by atoms with Crippen molar-refractivity contribution in [1.29, 1.82) is 0 Å². The summed E-state index contributed by atoms with van der Waals surface area (Å²) < 4.78 is 43.1. The molecule has 2 rings (SSSR count). The Hall–Kier alpha value is -2.78. The first kappa shape index (κ1) is 22.5. The van der Waals surface area contributed by atoms with Gasteiger partial charge in [0.05, 0.1) is 10.5 Å². The summed E-state index contributed by atoms with van der Waals surface area (Å²) in [5.41, 5.74) is 0.998. The van der Waals surface area contributed by atoms with Crippen LogP contribution in [-0.4, -0.2) is 51.3 Å². The number of ether oxygens (including phenoxy) is 1. The van der Waals surface area contributed by atoms with Gasteiger partial charge in [-0.15, -0.1) is 0 Å². The number of esters is 1. The van der Waals surface area contributed by atoms with Gasteiger partial charge in [0.1, 0.15) is 5.82 Å². The molecule has 156 valence electrons. The molecule has 0 saturated heterocycles. The van der Waals surface area contributed by atoms with E-state index in [0.29, 0.717) is 13.0 Å². The van der Waals surface area contributed by atoms with Crippen molar-refractivity contribution in [1.82, 2.24) is 9.62 Å². The van der Waals surface area contributed by atoms with E-state index in [1.807, 2.05) is 0 Å². The summed E-state index contributed by atoms with van der Waals surface area (Å²) >= 11 is 0. The number of amides is 1. The highest BCUT2D eigenvalue weighted by Gasteiger charge is 2.21. The van der Waals surface area contributed by atoms with E-state index in [-0.39, 0.29) is 16.3 Å². The maximum Gasteiger partial charge on any atom is 0.338 e. The lowest BCUT2D eigenvalue weighted by atomic mass is 10.1. The summed E-state index contributed by atoms with van der Waals surface area (Å²) in [5.74, 6) is -1.53. The summed E-state index contributed by atoms with van der Waals surface area (Å²) in [6.07, 6.45) is -0.519. The van der Waals surface area contributed by atoms with Crippen molar-refractivity contribution in [2.24, 2.45) is 0 Å². The number of benzene rings is 2. The lowest BCUT2D eigenvalue weighted by Crippen LogP contribution is -2.36. The van der Waals surface area contributed by atoms with E-state index >= 15 is 0 Å². The zero-order valence-corrected chi connectivity index (χ0v) is 17.2. The molecule has 0 saturated carbocycles. The topological polar surface area (TPSA) is 92.8 Å². The molecule has 2 aromatic rings. The van der Waals surface area contributed by atoms with Crippen LogP contribution in [0.4, 0.5) is 4.39 Å². The van der Waals surface area contributed by atoms with Crippen molar-refractivity contribution >= 4 is 21.9 Å². The quantitative estimate of drug-likeness (QED) is 0.657. The summed E-state index contributed by atoms with van der Waals surface area (Å²) in [7, 11) is -0.774. The number of hydrogen-bond acceptors (Lipinski definition) is 5. The van der Waals surface area contributed by atoms with Gasteiger partial charge in [-0.2, -0.15) is 0 Å². The van der Waals surface area contributed by atoms with Gasteiger partial charge < -0.3 is 10.1 Å². The van der Waals surface area contributed by atoms with Crippen LogP contribution in [0, 0.1) is 5.82 Å². The van der Waals surface area contributed by atoms with E-state index in [4.69, 9.17) is 4.74 Å². The van der Waals surface area contributed by atoms with Gasteiger partial charge in [-0.25, -0.2) is 21.9 Å². The van der Waals surface area contributed by atoms with E-state index in [1.54, 1.807) is 12.1 Å². The third-order valence-electron chi connectivity index (χ3n) is 4.15. The van der Waals surface area contributed by atoms with Crippen molar-refractivity contribution in [2.45, 2.75) is 24.3 Å². The second-order valence-corrected chi connectivity index (χ2v) is 8.68. The Bertz CT molecular complexity index is 957. The highest BCUT2D eigenvalue weighted by atomic mass is 32.2. The summed E-state index contributed by atoms with van der Waals surface area (Å²) in [5, 5.41) is 2.65. The largest absolute Gasteiger partial charge is 0.449 e. The molecule has 1 N–H and O–H groups in total. The average Bonchev–Trinajstić information content (AvgIpc) is 2.69. The molecule has 1 atom stereocenters. The molecule has 0 aliphatic heterocycles. The maximum atomic E-state index is 12.9.